The first-order valence-electron chi connectivity index (χ1n) is 5.85. The fourth-order valence-electron chi connectivity index (χ4n) is 1.62. The average molecular weight is 292 g/mol. The van der Waals surface area contributed by atoms with Gasteiger partial charge in [-0.1, -0.05) is 22.9 Å². The number of rotatable bonds is 2. The molecule has 94 valence electrons. The monoisotopic (exact) mass is 291 g/mol. The molecule has 0 aromatic heterocycles. The molecule has 0 aromatic carbocycles. The molecule has 16 heavy (non-hydrogen) atoms. The van der Waals surface area contributed by atoms with E-state index in [1.54, 1.807) is 0 Å². The van der Waals surface area contributed by atoms with E-state index in [1.807, 2.05) is 25.7 Å². The number of nitrogens with zero attached hydrogens (tertiary/aromatic N) is 1. The second kappa shape index (κ2) is 5.50. The van der Waals surface area contributed by atoms with E-state index in [1.165, 1.54) is 0 Å². The van der Waals surface area contributed by atoms with E-state index in [0.717, 1.165) is 19.5 Å². The van der Waals surface area contributed by atoms with Gasteiger partial charge in [-0.25, -0.2) is 0 Å². The van der Waals surface area contributed by atoms with E-state index >= 15 is 0 Å². The summed E-state index contributed by atoms with van der Waals surface area (Å²) in [4.78, 5) is 14.2. The van der Waals surface area contributed by atoms with Gasteiger partial charge in [-0.05, 0) is 33.1 Å². The number of hydrogen-bond acceptors (Lipinski definition) is 2. The molecular formula is C12H22BrNO2. The Bertz CT molecular complexity index is 250. The molecule has 1 saturated heterocycles. The van der Waals surface area contributed by atoms with Crippen LogP contribution in [0.1, 0.15) is 34.1 Å². The van der Waals surface area contributed by atoms with Gasteiger partial charge in [0.1, 0.15) is 6.61 Å². The lowest BCUT2D eigenvalue weighted by atomic mass is 9.99. The van der Waals surface area contributed by atoms with Crippen LogP contribution >= 0.6 is 15.9 Å². The fourth-order valence-corrected chi connectivity index (χ4v) is 2.23. The first kappa shape index (κ1) is 14.0. The normalized spacial score (nSPS) is 26.9. The van der Waals surface area contributed by atoms with E-state index in [0.29, 0.717) is 10.7 Å². The number of carbonyl (C=O) groups excluding carboxylic acids is 1. The molecule has 1 heterocycles. The van der Waals surface area contributed by atoms with Crippen molar-refractivity contribution < 1.29 is 9.53 Å². The highest BCUT2D eigenvalue weighted by Crippen LogP contribution is 2.23. The van der Waals surface area contributed by atoms with Crippen molar-refractivity contribution in [2.75, 3.05) is 19.7 Å². The molecule has 0 N–H and O–H groups in total. The minimum absolute atomic E-state index is 0.103. The SMILES string of the molecule is CC1CCN(C(=O)COC(C)(C)C)CC1Br. The molecule has 0 aliphatic carbocycles. The summed E-state index contributed by atoms with van der Waals surface area (Å²) in [5, 5.41) is 0. The molecule has 1 aliphatic rings. The van der Waals surface area contributed by atoms with Crippen LogP contribution in [0.3, 0.4) is 0 Å². The number of carbonyl (C=O) groups is 1. The Morgan fingerprint density at radius 3 is 2.62 bits per heavy atom. The van der Waals surface area contributed by atoms with Crippen molar-refractivity contribution in [2.24, 2.45) is 5.92 Å². The van der Waals surface area contributed by atoms with Gasteiger partial charge < -0.3 is 9.64 Å². The Morgan fingerprint density at radius 1 is 1.50 bits per heavy atom. The lowest BCUT2D eigenvalue weighted by Gasteiger charge is -2.34. The summed E-state index contributed by atoms with van der Waals surface area (Å²) in [6, 6.07) is 0. The maximum absolute atomic E-state index is 11.9. The van der Waals surface area contributed by atoms with Crippen LogP contribution in [0.2, 0.25) is 0 Å². The van der Waals surface area contributed by atoms with Crippen molar-refractivity contribution in [1.29, 1.82) is 0 Å². The third kappa shape index (κ3) is 4.42. The number of hydrogen-bond donors (Lipinski definition) is 0. The highest BCUT2D eigenvalue weighted by Gasteiger charge is 2.27. The minimum atomic E-state index is -0.244. The number of amides is 1. The predicted octanol–water partition coefficient (Wildman–Crippen LogP) is 2.43. The number of piperidine rings is 1. The lowest BCUT2D eigenvalue weighted by molar-refractivity contribution is -0.142. The molecule has 3 nitrogen and oxygen atoms in total. The van der Waals surface area contributed by atoms with Gasteiger partial charge in [0, 0.05) is 17.9 Å². The number of alkyl halides is 1. The zero-order valence-electron chi connectivity index (χ0n) is 10.6. The summed E-state index contributed by atoms with van der Waals surface area (Å²) in [5.74, 6) is 0.749. The molecular weight excluding hydrogens is 270 g/mol. The molecule has 1 rings (SSSR count). The molecule has 0 bridgehead atoms. The smallest absolute Gasteiger partial charge is 0.248 e. The van der Waals surface area contributed by atoms with E-state index in [9.17, 15) is 4.79 Å². The van der Waals surface area contributed by atoms with Crippen LogP contribution in [0.4, 0.5) is 0 Å². The van der Waals surface area contributed by atoms with Gasteiger partial charge in [0.25, 0.3) is 0 Å². The Hall–Kier alpha value is -0.0900. The van der Waals surface area contributed by atoms with E-state index in [2.05, 4.69) is 22.9 Å². The largest absolute Gasteiger partial charge is 0.366 e. The number of halogens is 1. The second-order valence-electron chi connectivity index (χ2n) is 5.52. The van der Waals surface area contributed by atoms with E-state index in [-0.39, 0.29) is 18.1 Å². The van der Waals surface area contributed by atoms with Crippen LogP contribution in [-0.2, 0) is 9.53 Å². The Kier molecular flexibility index (Phi) is 4.80. The first-order chi connectivity index (χ1) is 7.29. The van der Waals surface area contributed by atoms with Crippen molar-refractivity contribution in [3.63, 3.8) is 0 Å². The Labute approximate surface area is 107 Å². The topological polar surface area (TPSA) is 29.5 Å². The highest BCUT2D eigenvalue weighted by molar-refractivity contribution is 9.09. The highest BCUT2D eigenvalue weighted by atomic mass is 79.9. The first-order valence-corrected chi connectivity index (χ1v) is 6.77. The predicted molar refractivity (Wildman–Crippen MR) is 68.8 cm³/mol. The molecule has 0 radical (unpaired) electrons. The summed E-state index contributed by atoms with van der Waals surface area (Å²) < 4.78 is 5.50. The average Bonchev–Trinajstić information content (AvgIpc) is 2.17. The summed E-state index contributed by atoms with van der Waals surface area (Å²) in [6.45, 7) is 9.96. The molecule has 2 unspecified atom stereocenters. The molecule has 1 fully saturated rings. The van der Waals surface area contributed by atoms with Crippen LogP contribution in [0.25, 0.3) is 0 Å². The van der Waals surface area contributed by atoms with Gasteiger partial charge in [-0.2, -0.15) is 0 Å². The van der Waals surface area contributed by atoms with Crippen LogP contribution in [0, 0.1) is 5.92 Å². The van der Waals surface area contributed by atoms with E-state index < -0.39 is 0 Å². The summed E-state index contributed by atoms with van der Waals surface area (Å²) in [6.07, 6.45) is 1.07. The van der Waals surface area contributed by atoms with Crippen molar-refractivity contribution in [3.05, 3.63) is 0 Å². The molecule has 4 heteroatoms. The standard InChI is InChI=1S/C12H22BrNO2/c1-9-5-6-14(7-10(9)13)11(15)8-16-12(2,3)4/h9-10H,5-8H2,1-4H3. The third-order valence-electron chi connectivity index (χ3n) is 2.85. The van der Waals surface area contributed by atoms with Crippen molar-refractivity contribution in [2.45, 2.75) is 44.5 Å². The van der Waals surface area contributed by atoms with Gasteiger partial charge in [-0.3, -0.25) is 4.79 Å². The van der Waals surface area contributed by atoms with Gasteiger partial charge in [0.05, 0.1) is 5.60 Å². The second-order valence-corrected chi connectivity index (χ2v) is 6.70. The zero-order valence-corrected chi connectivity index (χ0v) is 12.2. The van der Waals surface area contributed by atoms with Crippen LogP contribution in [-0.4, -0.2) is 40.9 Å². The van der Waals surface area contributed by atoms with Crippen LogP contribution in [0.5, 0.6) is 0 Å². The number of ether oxygens (including phenoxy) is 1. The van der Waals surface area contributed by atoms with Gasteiger partial charge in [-0.15, -0.1) is 0 Å². The Balaban J connectivity index is 2.38. The third-order valence-corrected chi connectivity index (χ3v) is 4.04. The zero-order chi connectivity index (χ0) is 12.3. The van der Waals surface area contributed by atoms with Crippen LogP contribution in [0.15, 0.2) is 0 Å². The lowest BCUT2D eigenvalue weighted by Crippen LogP contribution is -2.45. The van der Waals surface area contributed by atoms with Crippen LogP contribution < -0.4 is 0 Å². The summed E-state index contributed by atoms with van der Waals surface area (Å²) in [5.41, 5.74) is -0.244. The van der Waals surface area contributed by atoms with Gasteiger partial charge >= 0.3 is 0 Å². The summed E-state index contributed by atoms with van der Waals surface area (Å²) >= 11 is 3.62. The minimum Gasteiger partial charge on any atom is -0.366 e. The molecule has 0 saturated carbocycles. The maximum atomic E-state index is 11.9. The maximum Gasteiger partial charge on any atom is 0.248 e. The Morgan fingerprint density at radius 2 is 2.12 bits per heavy atom. The van der Waals surface area contributed by atoms with E-state index in [4.69, 9.17) is 4.74 Å². The van der Waals surface area contributed by atoms with Gasteiger partial charge in [0.15, 0.2) is 0 Å². The summed E-state index contributed by atoms with van der Waals surface area (Å²) in [7, 11) is 0. The molecule has 0 spiro atoms. The molecule has 2 atom stereocenters. The fraction of sp³-hybridized carbons (Fsp3) is 0.917. The quantitative estimate of drug-likeness (QED) is 0.732. The number of likely N-dealkylation sites (tertiary alicyclic amines) is 1. The van der Waals surface area contributed by atoms with Crippen molar-refractivity contribution in [3.8, 4) is 0 Å². The molecule has 1 aliphatic heterocycles. The molecule has 0 aromatic rings. The van der Waals surface area contributed by atoms with Crippen molar-refractivity contribution in [1.82, 2.24) is 4.90 Å². The van der Waals surface area contributed by atoms with Crippen molar-refractivity contribution >= 4 is 21.8 Å². The molecule has 1 amide bonds. The van der Waals surface area contributed by atoms with Gasteiger partial charge in [0.2, 0.25) is 5.91 Å².